The van der Waals surface area contributed by atoms with Gasteiger partial charge in [0.15, 0.2) is 6.29 Å². The van der Waals surface area contributed by atoms with Crippen LogP contribution >= 0.6 is 0 Å². The van der Waals surface area contributed by atoms with Crippen molar-refractivity contribution in [3.63, 3.8) is 0 Å². The molecule has 5 heteroatoms. The van der Waals surface area contributed by atoms with Gasteiger partial charge in [-0.05, 0) is 43.0 Å². The van der Waals surface area contributed by atoms with Crippen molar-refractivity contribution in [1.29, 1.82) is 0 Å². The van der Waals surface area contributed by atoms with Crippen LogP contribution in [0.5, 0.6) is 0 Å². The molecule has 1 unspecified atom stereocenters. The summed E-state index contributed by atoms with van der Waals surface area (Å²) in [5.74, 6) is 0. The number of anilines is 2. The Morgan fingerprint density at radius 3 is 2.47 bits per heavy atom. The molecule has 2 saturated heterocycles. The zero-order valence-electron chi connectivity index (χ0n) is 18.6. The molecule has 164 valence electrons. The number of hydrogen-bond acceptors (Lipinski definition) is 5. The molecular formula is C25H37N3O2. The smallest absolute Gasteiger partial charge is 0.158 e. The first-order valence-electron chi connectivity index (χ1n) is 11.4. The highest BCUT2D eigenvalue weighted by molar-refractivity contribution is 5.59. The lowest BCUT2D eigenvalue weighted by Gasteiger charge is -2.37. The summed E-state index contributed by atoms with van der Waals surface area (Å²) in [7, 11) is 0. The Morgan fingerprint density at radius 2 is 1.77 bits per heavy atom. The van der Waals surface area contributed by atoms with Crippen molar-refractivity contribution in [3.8, 4) is 0 Å². The molecule has 5 nitrogen and oxygen atoms in total. The molecule has 2 aromatic rings. The van der Waals surface area contributed by atoms with Gasteiger partial charge in [0, 0.05) is 56.3 Å². The highest BCUT2D eigenvalue weighted by Crippen LogP contribution is 2.27. The van der Waals surface area contributed by atoms with E-state index in [2.05, 4.69) is 52.3 Å². The normalized spacial score (nSPS) is 19.8. The lowest BCUT2D eigenvalue weighted by Crippen LogP contribution is -2.46. The Bertz CT molecular complexity index is 739. The fraction of sp³-hybridized carbons (Fsp3) is 0.520. The molecule has 2 N–H and O–H groups in total. The van der Waals surface area contributed by atoms with E-state index >= 15 is 0 Å². The Labute approximate surface area is 181 Å². The van der Waals surface area contributed by atoms with E-state index in [-0.39, 0.29) is 6.29 Å². The summed E-state index contributed by atoms with van der Waals surface area (Å²) in [6, 6.07) is 16.9. The maximum Gasteiger partial charge on any atom is 0.158 e. The summed E-state index contributed by atoms with van der Waals surface area (Å²) in [6.45, 7) is 10.5. The maximum absolute atomic E-state index is 6.06. The van der Waals surface area contributed by atoms with E-state index in [0.29, 0.717) is 6.61 Å². The van der Waals surface area contributed by atoms with Gasteiger partial charge < -0.3 is 20.1 Å². The Morgan fingerprint density at radius 1 is 1.00 bits per heavy atom. The van der Waals surface area contributed by atoms with E-state index in [0.717, 1.165) is 63.4 Å². The Balaban J connectivity index is 0.00000124. The van der Waals surface area contributed by atoms with Gasteiger partial charge in [-0.2, -0.15) is 0 Å². The minimum atomic E-state index is -0.0780. The number of nitrogens with zero attached hydrogens (tertiary/aromatic N) is 2. The standard InChI is InChI=1S/C23H31N3O2.C2H6/c24-21-9-10-22(20(16-21)18-28-23-8-4-5-15-27-23)26-13-11-25(12-14-26)17-19-6-2-1-3-7-19;1-2/h1-3,6-7,9-10,16,23H,4-5,8,11-15,17-18,24H2;1-2H3. The zero-order valence-corrected chi connectivity index (χ0v) is 18.6. The first-order valence-corrected chi connectivity index (χ1v) is 11.4. The molecular weight excluding hydrogens is 374 g/mol. The molecule has 2 aliphatic rings. The highest BCUT2D eigenvalue weighted by atomic mass is 16.7. The number of nitrogen functional groups attached to an aromatic ring is 1. The predicted octanol–water partition coefficient (Wildman–Crippen LogP) is 4.66. The molecule has 0 radical (unpaired) electrons. The van der Waals surface area contributed by atoms with Crippen molar-refractivity contribution in [2.45, 2.75) is 52.6 Å². The summed E-state index contributed by atoms with van der Waals surface area (Å²) in [5, 5.41) is 0. The number of hydrogen-bond donors (Lipinski definition) is 1. The molecule has 0 amide bonds. The van der Waals surface area contributed by atoms with Crippen LogP contribution in [-0.2, 0) is 22.6 Å². The minimum absolute atomic E-state index is 0.0780. The average Bonchev–Trinajstić information content (AvgIpc) is 2.81. The third-order valence-corrected chi connectivity index (χ3v) is 5.63. The van der Waals surface area contributed by atoms with Crippen molar-refractivity contribution in [1.82, 2.24) is 4.90 Å². The zero-order chi connectivity index (χ0) is 21.2. The van der Waals surface area contributed by atoms with Gasteiger partial charge in [0.2, 0.25) is 0 Å². The van der Waals surface area contributed by atoms with E-state index < -0.39 is 0 Å². The first-order chi connectivity index (χ1) is 14.8. The molecule has 30 heavy (non-hydrogen) atoms. The molecule has 4 rings (SSSR count). The molecule has 0 spiro atoms. The summed E-state index contributed by atoms with van der Waals surface area (Å²) in [4.78, 5) is 4.98. The van der Waals surface area contributed by atoms with E-state index in [1.165, 1.54) is 17.7 Å². The quantitative estimate of drug-likeness (QED) is 0.701. The van der Waals surface area contributed by atoms with Crippen LogP contribution in [0.2, 0.25) is 0 Å². The van der Waals surface area contributed by atoms with Crippen LogP contribution in [0.3, 0.4) is 0 Å². The fourth-order valence-electron chi connectivity index (χ4n) is 4.04. The largest absolute Gasteiger partial charge is 0.399 e. The van der Waals surface area contributed by atoms with Crippen LogP contribution in [0.15, 0.2) is 48.5 Å². The minimum Gasteiger partial charge on any atom is -0.399 e. The summed E-state index contributed by atoms with van der Waals surface area (Å²) < 4.78 is 11.8. The van der Waals surface area contributed by atoms with E-state index in [1.807, 2.05) is 19.9 Å². The van der Waals surface area contributed by atoms with Crippen LogP contribution < -0.4 is 10.6 Å². The second-order valence-corrected chi connectivity index (χ2v) is 7.74. The van der Waals surface area contributed by atoms with Crippen molar-refractivity contribution >= 4 is 11.4 Å². The lowest BCUT2D eigenvalue weighted by atomic mass is 10.1. The molecule has 2 aromatic carbocycles. The Kier molecular flexibility index (Phi) is 9.00. The van der Waals surface area contributed by atoms with E-state index in [4.69, 9.17) is 15.2 Å². The molecule has 1 atom stereocenters. The third kappa shape index (κ3) is 6.46. The third-order valence-electron chi connectivity index (χ3n) is 5.63. The van der Waals surface area contributed by atoms with Gasteiger partial charge in [0.05, 0.1) is 6.61 Å². The summed E-state index contributed by atoms with van der Waals surface area (Å²) in [5.41, 5.74) is 10.6. The number of rotatable bonds is 6. The van der Waals surface area contributed by atoms with Gasteiger partial charge in [-0.15, -0.1) is 0 Å². The second-order valence-electron chi connectivity index (χ2n) is 7.74. The van der Waals surface area contributed by atoms with Crippen LogP contribution in [0.25, 0.3) is 0 Å². The van der Waals surface area contributed by atoms with Gasteiger partial charge in [0.25, 0.3) is 0 Å². The fourth-order valence-corrected chi connectivity index (χ4v) is 4.04. The van der Waals surface area contributed by atoms with Gasteiger partial charge in [0.1, 0.15) is 0 Å². The molecule has 2 heterocycles. The number of nitrogens with two attached hydrogens (primary N) is 1. The molecule has 0 aliphatic carbocycles. The number of benzene rings is 2. The number of piperazine rings is 1. The van der Waals surface area contributed by atoms with Gasteiger partial charge in [-0.3, -0.25) is 4.90 Å². The maximum atomic E-state index is 6.06. The average molecular weight is 412 g/mol. The predicted molar refractivity (Wildman–Crippen MR) is 125 cm³/mol. The molecule has 0 bridgehead atoms. The molecule has 2 fully saturated rings. The van der Waals surface area contributed by atoms with Crippen molar-refractivity contribution in [2.24, 2.45) is 0 Å². The molecule has 0 aromatic heterocycles. The van der Waals surface area contributed by atoms with Crippen molar-refractivity contribution < 1.29 is 9.47 Å². The number of ether oxygens (including phenoxy) is 2. The van der Waals surface area contributed by atoms with Gasteiger partial charge in [-0.25, -0.2) is 0 Å². The Hall–Kier alpha value is -2.08. The van der Waals surface area contributed by atoms with Crippen LogP contribution in [0.1, 0.15) is 44.2 Å². The molecule has 2 aliphatic heterocycles. The van der Waals surface area contributed by atoms with Crippen molar-refractivity contribution in [3.05, 3.63) is 59.7 Å². The SMILES string of the molecule is CC.Nc1ccc(N2CCN(Cc3ccccc3)CC2)c(COC2CCCCO2)c1. The van der Waals surface area contributed by atoms with Crippen LogP contribution in [0.4, 0.5) is 11.4 Å². The van der Waals surface area contributed by atoms with Gasteiger partial charge >= 0.3 is 0 Å². The van der Waals surface area contributed by atoms with E-state index in [1.54, 1.807) is 0 Å². The first kappa shape index (κ1) is 22.6. The second kappa shape index (κ2) is 11.9. The van der Waals surface area contributed by atoms with Gasteiger partial charge in [-0.1, -0.05) is 44.2 Å². The van der Waals surface area contributed by atoms with Crippen LogP contribution in [-0.4, -0.2) is 44.0 Å². The lowest BCUT2D eigenvalue weighted by molar-refractivity contribution is -0.168. The summed E-state index contributed by atoms with van der Waals surface area (Å²) >= 11 is 0. The van der Waals surface area contributed by atoms with Crippen molar-refractivity contribution in [2.75, 3.05) is 43.4 Å². The summed E-state index contributed by atoms with van der Waals surface area (Å²) in [6.07, 6.45) is 3.22. The topological polar surface area (TPSA) is 51.0 Å². The van der Waals surface area contributed by atoms with Crippen LogP contribution in [0, 0.1) is 0 Å². The monoisotopic (exact) mass is 411 g/mol. The highest BCUT2D eigenvalue weighted by Gasteiger charge is 2.21. The van der Waals surface area contributed by atoms with E-state index in [9.17, 15) is 0 Å². The molecule has 0 saturated carbocycles.